The van der Waals surface area contributed by atoms with E-state index in [4.69, 9.17) is 0 Å². The van der Waals surface area contributed by atoms with E-state index in [9.17, 15) is 0 Å². The van der Waals surface area contributed by atoms with Gasteiger partial charge in [-0.3, -0.25) is 0 Å². The summed E-state index contributed by atoms with van der Waals surface area (Å²) in [5, 5.41) is 0. The highest BCUT2D eigenvalue weighted by Gasteiger charge is 2.37. The van der Waals surface area contributed by atoms with Crippen LogP contribution in [-0.4, -0.2) is 0 Å². The molecule has 0 unspecified atom stereocenters. The molecule has 0 aromatic rings. The molecule has 0 spiro atoms. The second kappa shape index (κ2) is 9.90. The van der Waals surface area contributed by atoms with Gasteiger partial charge in [0.1, 0.15) is 0 Å². The summed E-state index contributed by atoms with van der Waals surface area (Å²) in [5.41, 5.74) is 0.771. The Balaban J connectivity index is 1.91. The summed E-state index contributed by atoms with van der Waals surface area (Å²) in [6.45, 7) is 2.33. The minimum Gasteiger partial charge on any atom is -0.0654 e. The molecule has 0 saturated heterocycles. The van der Waals surface area contributed by atoms with E-state index in [0.29, 0.717) is 0 Å². The minimum atomic E-state index is 0.771. The smallest absolute Gasteiger partial charge is 0.0269 e. The first-order valence-corrected chi connectivity index (χ1v) is 10.4. The van der Waals surface area contributed by atoms with E-state index in [1.807, 2.05) is 0 Å². The van der Waals surface area contributed by atoms with Crippen LogP contribution >= 0.6 is 0 Å². The summed E-state index contributed by atoms with van der Waals surface area (Å²) in [5.74, 6) is 1.09. The van der Waals surface area contributed by atoms with Gasteiger partial charge in [-0.1, -0.05) is 90.4 Å². The zero-order chi connectivity index (χ0) is 14.8. The van der Waals surface area contributed by atoms with Gasteiger partial charge in [-0.05, 0) is 43.4 Å². The first kappa shape index (κ1) is 17.4. The minimum absolute atomic E-state index is 0.771. The lowest BCUT2D eigenvalue weighted by atomic mass is 9.64. The Labute approximate surface area is 134 Å². The average Bonchev–Trinajstić information content (AvgIpc) is 2.90. The van der Waals surface area contributed by atoms with Gasteiger partial charge in [0.15, 0.2) is 0 Å². The van der Waals surface area contributed by atoms with Crippen molar-refractivity contribution < 1.29 is 0 Å². The van der Waals surface area contributed by atoms with Crippen LogP contribution in [0, 0.1) is 11.3 Å². The van der Waals surface area contributed by atoms with Crippen LogP contribution in [0.25, 0.3) is 0 Å². The Hall–Kier alpha value is 0. The second-order valence-electron chi connectivity index (χ2n) is 8.13. The lowest BCUT2D eigenvalue weighted by molar-refractivity contribution is 0.0979. The molecule has 2 saturated carbocycles. The standard InChI is InChI=1S/C21H40/c1-2-3-4-7-12-17-21(18-13-8-9-14-19-21)20-15-10-5-6-11-16-20/h20H,2-19H2,1H3. The van der Waals surface area contributed by atoms with Crippen molar-refractivity contribution in [3.8, 4) is 0 Å². The van der Waals surface area contributed by atoms with Crippen molar-refractivity contribution >= 4 is 0 Å². The van der Waals surface area contributed by atoms with Crippen molar-refractivity contribution in [2.24, 2.45) is 11.3 Å². The molecule has 124 valence electrons. The van der Waals surface area contributed by atoms with Crippen LogP contribution in [0.15, 0.2) is 0 Å². The topological polar surface area (TPSA) is 0 Å². The van der Waals surface area contributed by atoms with Crippen LogP contribution in [0.1, 0.15) is 122 Å². The quantitative estimate of drug-likeness (QED) is 0.334. The largest absolute Gasteiger partial charge is 0.0654 e. The molecule has 0 heterocycles. The normalized spacial score (nSPS) is 24.4. The Bertz CT molecular complexity index is 239. The zero-order valence-electron chi connectivity index (χ0n) is 14.8. The lowest BCUT2D eigenvalue weighted by Crippen LogP contribution is -2.30. The molecule has 2 fully saturated rings. The SMILES string of the molecule is CCCCCCCC1(C2CCCCCC2)CCCCCC1. The molecule has 0 heteroatoms. The summed E-state index contributed by atoms with van der Waals surface area (Å²) in [6, 6.07) is 0. The van der Waals surface area contributed by atoms with Gasteiger partial charge < -0.3 is 0 Å². The molecular formula is C21H40. The van der Waals surface area contributed by atoms with E-state index < -0.39 is 0 Å². The highest BCUT2D eigenvalue weighted by Crippen LogP contribution is 2.50. The van der Waals surface area contributed by atoms with Crippen molar-refractivity contribution in [2.45, 2.75) is 122 Å². The van der Waals surface area contributed by atoms with Crippen LogP contribution in [0.3, 0.4) is 0 Å². The van der Waals surface area contributed by atoms with Gasteiger partial charge in [0.05, 0.1) is 0 Å². The highest BCUT2D eigenvalue weighted by atomic mass is 14.4. The summed E-state index contributed by atoms with van der Waals surface area (Å²) >= 11 is 0. The zero-order valence-corrected chi connectivity index (χ0v) is 14.8. The van der Waals surface area contributed by atoms with Crippen molar-refractivity contribution in [3.05, 3.63) is 0 Å². The molecule has 0 radical (unpaired) electrons. The second-order valence-corrected chi connectivity index (χ2v) is 8.13. The Morgan fingerprint density at radius 3 is 1.86 bits per heavy atom. The molecule has 2 aliphatic carbocycles. The fourth-order valence-electron chi connectivity index (χ4n) is 5.27. The predicted octanol–water partition coefficient (Wildman–Crippen LogP) is 7.66. The first-order chi connectivity index (χ1) is 10.4. The van der Waals surface area contributed by atoms with Crippen LogP contribution in [0.2, 0.25) is 0 Å². The lowest BCUT2D eigenvalue weighted by Gasteiger charge is -2.41. The third-order valence-electron chi connectivity index (χ3n) is 6.60. The number of hydrogen-bond acceptors (Lipinski definition) is 0. The molecule has 21 heavy (non-hydrogen) atoms. The van der Waals surface area contributed by atoms with E-state index in [2.05, 4.69) is 6.92 Å². The third-order valence-corrected chi connectivity index (χ3v) is 6.60. The van der Waals surface area contributed by atoms with Crippen LogP contribution < -0.4 is 0 Å². The van der Waals surface area contributed by atoms with Gasteiger partial charge in [0.25, 0.3) is 0 Å². The van der Waals surface area contributed by atoms with Gasteiger partial charge in [0.2, 0.25) is 0 Å². The summed E-state index contributed by atoms with van der Waals surface area (Å²) in [4.78, 5) is 0. The number of hydrogen-bond donors (Lipinski definition) is 0. The maximum Gasteiger partial charge on any atom is -0.0269 e. The first-order valence-electron chi connectivity index (χ1n) is 10.4. The van der Waals surface area contributed by atoms with Crippen molar-refractivity contribution in [1.82, 2.24) is 0 Å². The Morgan fingerprint density at radius 1 is 0.667 bits per heavy atom. The van der Waals surface area contributed by atoms with Gasteiger partial charge >= 0.3 is 0 Å². The maximum atomic E-state index is 2.33. The van der Waals surface area contributed by atoms with E-state index in [-0.39, 0.29) is 0 Å². The van der Waals surface area contributed by atoms with E-state index in [1.54, 1.807) is 32.1 Å². The predicted molar refractivity (Wildman–Crippen MR) is 94.7 cm³/mol. The maximum absolute atomic E-state index is 2.33. The molecule has 2 rings (SSSR count). The van der Waals surface area contributed by atoms with Gasteiger partial charge in [-0.2, -0.15) is 0 Å². The average molecular weight is 293 g/mol. The van der Waals surface area contributed by atoms with E-state index in [0.717, 1.165) is 11.3 Å². The van der Waals surface area contributed by atoms with Crippen molar-refractivity contribution in [1.29, 1.82) is 0 Å². The molecule has 0 atom stereocenters. The third kappa shape index (κ3) is 5.61. The monoisotopic (exact) mass is 292 g/mol. The molecule has 0 nitrogen and oxygen atoms in total. The molecule has 0 N–H and O–H groups in total. The van der Waals surface area contributed by atoms with Crippen molar-refractivity contribution in [2.75, 3.05) is 0 Å². The fraction of sp³-hybridized carbons (Fsp3) is 1.00. The molecular weight excluding hydrogens is 252 g/mol. The molecule has 0 aromatic heterocycles. The molecule has 0 amide bonds. The van der Waals surface area contributed by atoms with Crippen molar-refractivity contribution in [3.63, 3.8) is 0 Å². The summed E-state index contributed by atoms with van der Waals surface area (Å²) in [6.07, 6.45) is 27.4. The molecule has 0 aliphatic heterocycles. The molecule has 0 aromatic carbocycles. The molecule has 2 aliphatic rings. The van der Waals surface area contributed by atoms with E-state index >= 15 is 0 Å². The fourth-order valence-corrected chi connectivity index (χ4v) is 5.27. The Kier molecular flexibility index (Phi) is 8.19. The van der Waals surface area contributed by atoms with Crippen LogP contribution in [0.4, 0.5) is 0 Å². The number of rotatable bonds is 7. The Morgan fingerprint density at radius 2 is 1.24 bits per heavy atom. The molecule has 0 bridgehead atoms. The van der Waals surface area contributed by atoms with Gasteiger partial charge in [-0.25, -0.2) is 0 Å². The summed E-state index contributed by atoms with van der Waals surface area (Å²) in [7, 11) is 0. The number of unbranched alkanes of at least 4 members (excludes halogenated alkanes) is 4. The summed E-state index contributed by atoms with van der Waals surface area (Å²) < 4.78 is 0. The van der Waals surface area contributed by atoms with E-state index in [1.165, 1.54) is 83.5 Å². The van der Waals surface area contributed by atoms with Crippen LogP contribution in [0.5, 0.6) is 0 Å². The van der Waals surface area contributed by atoms with Gasteiger partial charge in [-0.15, -0.1) is 0 Å². The van der Waals surface area contributed by atoms with Gasteiger partial charge in [0, 0.05) is 0 Å². The highest BCUT2D eigenvalue weighted by molar-refractivity contribution is 4.89. The van der Waals surface area contributed by atoms with Crippen LogP contribution in [-0.2, 0) is 0 Å².